The van der Waals surface area contributed by atoms with Gasteiger partial charge in [-0.15, -0.1) is 0 Å². The van der Waals surface area contributed by atoms with Crippen LogP contribution in [0.5, 0.6) is 0 Å². The average molecular weight is 407 g/mol. The number of nitrogens with zero attached hydrogens (tertiary/aromatic N) is 2. The van der Waals surface area contributed by atoms with Crippen molar-refractivity contribution in [3.63, 3.8) is 0 Å². The molecule has 1 fully saturated rings. The minimum absolute atomic E-state index is 0.0467. The fourth-order valence-corrected chi connectivity index (χ4v) is 4.09. The molecule has 29 heavy (non-hydrogen) atoms. The van der Waals surface area contributed by atoms with Crippen molar-refractivity contribution in [2.24, 2.45) is 5.92 Å². The van der Waals surface area contributed by atoms with Gasteiger partial charge < -0.3 is 19.9 Å². The molecule has 1 aliphatic heterocycles. The third-order valence-electron chi connectivity index (χ3n) is 6.09. The Balaban J connectivity index is 2.19. The van der Waals surface area contributed by atoms with E-state index in [0.29, 0.717) is 26.1 Å². The van der Waals surface area contributed by atoms with Crippen molar-refractivity contribution in [3.8, 4) is 0 Å². The normalized spacial score (nSPS) is 17.3. The van der Waals surface area contributed by atoms with Gasteiger partial charge in [-0.1, -0.05) is 6.92 Å². The molecule has 0 radical (unpaired) electrons. The quantitative estimate of drug-likeness (QED) is 0.769. The zero-order chi connectivity index (χ0) is 21.5. The molecular formula is C21H27F2N3O3. The summed E-state index contributed by atoms with van der Waals surface area (Å²) in [5, 5.41) is 12.3. The van der Waals surface area contributed by atoms with Crippen LogP contribution in [-0.2, 0) is 6.54 Å². The van der Waals surface area contributed by atoms with E-state index in [2.05, 4.69) is 19.2 Å². The maximum absolute atomic E-state index is 15.6. The van der Waals surface area contributed by atoms with Gasteiger partial charge in [0.15, 0.2) is 5.82 Å². The van der Waals surface area contributed by atoms with Gasteiger partial charge in [0.2, 0.25) is 5.43 Å². The molecule has 3 rings (SSSR count). The number of carbonyl (C=O) groups is 1. The van der Waals surface area contributed by atoms with Crippen molar-refractivity contribution in [1.82, 2.24) is 9.88 Å². The van der Waals surface area contributed by atoms with Crippen LogP contribution in [0.4, 0.5) is 14.5 Å². The molecule has 1 aromatic heterocycles. The van der Waals surface area contributed by atoms with Gasteiger partial charge in [0.25, 0.3) is 0 Å². The summed E-state index contributed by atoms with van der Waals surface area (Å²) in [6, 6.07) is 0.977. The van der Waals surface area contributed by atoms with Crippen molar-refractivity contribution in [3.05, 3.63) is 39.7 Å². The highest BCUT2D eigenvalue weighted by molar-refractivity contribution is 5.93. The van der Waals surface area contributed by atoms with Crippen molar-refractivity contribution in [2.75, 3.05) is 25.0 Å². The number of rotatable bonds is 6. The Bertz CT molecular complexity index is 1020. The standard InChI is InChI=1S/C21H27F2N3O3/c1-5-7-25-11-14(20(28)29)19(27)13-9-15(22)18(16(23)17(13)25)26-8-6-12(10-26)21(2,3)24-4/h9,11-12,24H,5-8,10H2,1-4H3,(H,28,29). The molecule has 0 bridgehead atoms. The fourth-order valence-electron chi connectivity index (χ4n) is 4.09. The van der Waals surface area contributed by atoms with Crippen LogP contribution in [0.3, 0.4) is 0 Å². The number of fused-ring (bicyclic) bond motifs is 1. The lowest BCUT2D eigenvalue weighted by Gasteiger charge is -2.31. The number of aromatic carboxylic acids is 1. The second-order valence-electron chi connectivity index (χ2n) is 8.19. The number of anilines is 1. The van der Waals surface area contributed by atoms with Crippen LogP contribution >= 0.6 is 0 Å². The zero-order valence-electron chi connectivity index (χ0n) is 17.2. The van der Waals surface area contributed by atoms with Crippen LogP contribution in [-0.4, -0.2) is 41.3 Å². The Morgan fingerprint density at radius 3 is 2.66 bits per heavy atom. The summed E-state index contributed by atoms with van der Waals surface area (Å²) in [6.07, 6.45) is 2.54. The Labute approximate surface area is 168 Å². The lowest BCUT2D eigenvalue weighted by atomic mass is 9.87. The minimum Gasteiger partial charge on any atom is -0.477 e. The SMILES string of the molecule is CCCn1cc(C(=O)O)c(=O)c2cc(F)c(N3CCC(C(C)(C)NC)C3)c(F)c21. The predicted molar refractivity (Wildman–Crippen MR) is 109 cm³/mol. The van der Waals surface area contributed by atoms with Crippen molar-refractivity contribution in [1.29, 1.82) is 0 Å². The largest absolute Gasteiger partial charge is 0.477 e. The van der Waals surface area contributed by atoms with Gasteiger partial charge in [0.05, 0.1) is 10.9 Å². The number of aromatic nitrogens is 1. The number of nitrogens with one attached hydrogen (secondary N) is 1. The van der Waals surface area contributed by atoms with Gasteiger partial charge in [-0.05, 0) is 45.7 Å². The molecule has 1 unspecified atom stereocenters. The first kappa shape index (κ1) is 21.2. The van der Waals surface area contributed by atoms with E-state index in [9.17, 15) is 19.1 Å². The van der Waals surface area contributed by atoms with Gasteiger partial charge in [-0.3, -0.25) is 4.79 Å². The van der Waals surface area contributed by atoms with Crippen LogP contribution in [0.1, 0.15) is 44.0 Å². The Morgan fingerprint density at radius 1 is 1.38 bits per heavy atom. The molecule has 0 aliphatic carbocycles. The van der Waals surface area contributed by atoms with Crippen LogP contribution in [0.25, 0.3) is 10.9 Å². The first-order valence-corrected chi connectivity index (χ1v) is 9.84. The molecule has 2 aromatic rings. The number of carboxylic acids is 1. The summed E-state index contributed by atoms with van der Waals surface area (Å²) < 4.78 is 32.0. The smallest absolute Gasteiger partial charge is 0.341 e. The van der Waals surface area contributed by atoms with Crippen LogP contribution < -0.4 is 15.6 Å². The Kier molecular flexibility index (Phi) is 5.67. The molecule has 0 saturated carbocycles. The Hall–Kier alpha value is -2.48. The van der Waals surface area contributed by atoms with Gasteiger partial charge in [-0.25, -0.2) is 13.6 Å². The molecule has 1 aromatic carbocycles. The van der Waals surface area contributed by atoms with E-state index in [1.54, 1.807) is 4.90 Å². The zero-order valence-corrected chi connectivity index (χ0v) is 17.2. The van der Waals surface area contributed by atoms with Crippen molar-refractivity contribution >= 4 is 22.6 Å². The molecule has 0 spiro atoms. The highest BCUT2D eigenvalue weighted by Gasteiger charge is 2.36. The monoisotopic (exact) mass is 407 g/mol. The number of hydrogen-bond donors (Lipinski definition) is 2. The third kappa shape index (κ3) is 3.61. The number of halogens is 2. The van der Waals surface area contributed by atoms with Crippen LogP contribution in [0.15, 0.2) is 17.1 Å². The predicted octanol–water partition coefficient (Wildman–Crippen LogP) is 3.21. The molecule has 158 valence electrons. The van der Waals surface area contributed by atoms with E-state index in [1.807, 2.05) is 14.0 Å². The Morgan fingerprint density at radius 2 is 2.07 bits per heavy atom. The molecule has 1 atom stereocenters. The van der Waals surface area contributed by atoms with Crippen LogP contribution in [0, 0.1) is 17.6 Å². The summed E-state index contributed by atoms with van der Waals surface area (Å²) in [5.74, 6) is -2.87. The fraction of sp³-hybridized carbons (Fsp3) is 0.524. The molecule has 2 N–H and O–H groups in total. The number of benzene rings is 1. The van der Waals surface area contributed by atoms with E-state index in [4.69, 9.17) is 0 Å². The second-order valence-corrected chi connectivity index (χ2v) is 8.19. The van der Waals surface area contributed by atoms with E-state index in [-0.39, 0.29) is 28.0 Å². The van der Waals surface area contributed by atoms with Gasteiger partial charge in [-0.2, -0.15) is 0 Å². The van der Waals surface area contributed by atoms with E-state index < -0.39 is 28.6 Å². The number of pyridine rings is 1. The minimum atomic E-state index is -1.41. The van der Waals surface area contributed by atoms with E-state index in [0.717, 1.165) is 18.7 Å². The average Bonchev–Trinajstić information content (AvgIpc) is 3.14. The maximum Gasteiger partial charge on any atom is 0.341 e. The summed E-state index contributed by atoms with van der Waals surface area (Å²) in [7, 11) is 1.86. The van der Waals surface area contributed by atoms with Crippen LogP contribution in [0.2, 0.25) is 0 Å². The number of aryl methyl sites for hydroxylation is 1. The van der Waals surface area contributed by atoms with Gasteiger partial charge in [0.1, 0.15) is 17.1 Å². The van der Waals surface area contributed by atoms with Crippen molar-refractivity contribution < 1.29 is 18.7 Å². The van der Waals surface area contributed by atoms with Gasteiger partial charge >= 0.3 is 5.97 Å². The molecule has 6 nitrogen and oxygen atoms in total. The highest BCUT2D eigenvalue weighted by atomic mass is 19.1. The summed E-state index contributed by atoms with van der Waals surface area (Å²) in [6.45, 7) is 7.27. The maximum atomic E-state index is 15.6. The van der Waals surface area contributed by atoms with Gasteiger partial charge in [0, 0.05) is 31.4 Å². The summed E-state index contributed by atoms with van der Waals surface area (Å²) >= 11 is 0. The molecule has 8 heteroatoms. The summed E-state index contributed by atoms with van der Waals surface area (Å²) in [4.78, 5) is 25.6. The lowest BCUT2D eigenvalue weighted by Crippen LogP contribution is -2.45. The first-order valence-electron chi connectivity index (χ1n) is 9.84. The number of carboxylic acid groups (broad SMARTS) is 1. The third-order valence-corrected chi connectivity index (χ3v) is 6.09. The number of hydrogen-bond acceptors (Lipinski definition) is 4. The molecule has 1 saturated heterocycles. The first-order chi connectivity index (χ1) is 13.6. The second kappa shape index (κ2) is 7.74. The van der Waals surface area contributed by atoms with E-state index >= 15 is 4.39 Å². The molecule has 0 amide bonds. The molecule has 2 heterocycles. The highest BCUT2D eigenvalue weighted by Crippen LogP contribution is 2.36. The molecule has 1 aliphatic rings. The van der Waals surface area contributed by atoms with Crippen molar-refractivity contribution in [2.45, 2.75) is 45.7 Å². The van der Waals surface area contributed by atoms with E-state index in [1.165, 1.54) is 4.57 Å². The summed E-state index contributed by atoms with van der Waals surface area (Å²) in [5.41, 5.74) is -1.75. The molecular weight excluding hydrogens is 380 g/mol. The topological polar surface area (TPSA) is 74.6 Å². The lowest BCUT2D eigenvalue weighted by molar-refractivity contribution is 0.0694.